The quantitative estimate of drug-likeness (QED) is 0.797. The van der Waals surface area contributed by atoms with Crippen molar-refractivity contribution in [3.8, 4) is 0 Å². The van der Waals surface area contributed by atoms with Crippen molar-refractivity contribution in [2.24, 2.45) is 5.73 Å². The fraction of sp³-hybridized carbons (Fsp3) is 0.200. The van der Waals surface area contributed by atoms with Gasteiger partial charge in [-0.15, -0.1) is 0 Å². The molecule has 0 aromatic carbocycles. The van der Waals surface area contributed by atoms with Gasteiger partial charge >= 0.3 is 6.03 Å². The molecule has 22 heavy (non-hydrogen) atoms. The molecule has 2 aliphatic rings. The molecule has 0 saturated heterocycles. The highest BCUT2D eigenvalue weighted by Gasteiger charge is 2.32. The molecule has 7 nitrogen and oxygen atoms in total. The highest BCUT2D eigenvalue weighted by molar-refractivity contribution is 5.98. The van der Waals surface area contributed by atoms with Gasteiger partial charge in [0.2, 0.25) is 0 Å². The number of fused-ring (bicyclic) bond motifs is 4. The summed E-state index contributed by atoms with van der Waals surface area (Å²) < 4.78 is 0. The molecule has 0 saturated carbocycles. The minimum atomic E-state index is -0.465. The van der Waals surface area contributed by atoms with Crippen LogP contribution in [0.1, 0.15) is 6.42 Å². The first-order chi connectivity index (χ1) is 10.8. The summed E-state index contributed by atoms with van der Waals surface area (Å²) in [7, 11) is 0. The van der Waals surface area contributed by atoms with Crippen molar-refractivity contribution < 1.29 is 4.79 Å². The van der Waals surface area contributed by atoms with Gasteiger partial charge in [0.05, 0.1) is 12.2 Å². The predicted octanol–water partition coefficient (Wildman–Crippen LogP) is 1.55. The SMILES string of the molecule is NC(=O)N1C2=CCCN(C2)c2cccnc21.c1cncnc1. The van der Waals surface area contributed by atoms with Crippen LogP contribution in [0.4, 0.5) is 16.3 Å². The molecule has 0 unspecified atom stereocenters. The maximum Gasteiger partial charge on any atom is 0.324 e. The number of urea groups is 1. The Morgan fingerprint density at radius 1 is 1.18 bits per heavy atom. The minimum absolute atomic E-state index is 0.465. The number of carbonyl (C=O) groups is 1. The maximum absolute atomic E-state index is 11.5. The van der Waals surface area contributed by atoms with E-state index in [0.29, 0.717) is 5.82 Å². The Bertz CT molecular complexity index is 661. The Morgan fingerprint density at radius 3 is 2.64 bits per heavy atom. The Morgan fingerprint density at radius 2 is 2.00 bits per heavy atom. The highest BCUT2D eigenvalue weighted by atomic mass is 16.2. The lowest BCUT2D eigenvalue weighted by Gasteiger charge is -2.40. The molecule has 112 valence electrons. The van der Waals surface area contributed by atoms with Crippen molar-refractivity contribution in [3.05, 3.63) is 54.9 Å². The molecule has 0 fully saturated rings. The van der Waals surface area contributed by atoms with Gasteiger partial charge in [0, 0.05) is 30.8 Å². The molecule has 4 rings (SSSR count). The third-order valence-corrected chi connectivity index (χ3v) is 3.44. The molecule has 2 bridgehead atoms. The lowest BCUT2D eigenvalue weighted by Crippen LogP contribution is -2.47. The number of nitrogens with two attached hydrogens (primary N) is 1. The number of primary amides is 1. The van der Waals surface area contributed by atoms with E-state index in [0.717, 1.165) is 30.9 Å². The van der Waals surface area contributed by atoms with Crippen LogP contribution in [0, 0.1) is 0 Å². The molecule has 2 amide bonds. The van der Waals surface area contributed by atoms with Crippen molar-refractivity contribution in [3.63, 3.8) is 0 Å². The van der Waals surface area contributed by atoms with Crippen LogP contribution in [-0.4, -0.2) is 34.1 Å². The first-order valence-corrected chi connectivity index (χ1v) is 6.96. The van der Waals surface area contributed by atoms with E-state index in [9.17, 15) is 4.79 Å². The minimum Gasteiger partial charge on any atom is -0.362 e. The largest absolute Gasteiger partial charge is 0.362 e. The first kappa shape index (κ1) is 14.0. The van der Waals surface area contributed by atoms with E-state index in [2.05, 4.69) is 25.9 Å². The smallest absolute Gasteiger partial charge is 0.324 e. The molecule has 0 atom stereocenters. The van der Waals surface area contributed by atoms with Crippen LogP contribution in [-0.2, 0) is 0 Å². The van der Waals surface area contributed by atoms with Gasteiger partial charge in [-0.1, -0.05) is 6.08 Å². The topological polar surface area (TPSA) is 88.2 Å². The van der Waals surface area contributed by atoms with Crippen LogP contribution in [0.2, 0.25) is 0 Å². The van der Waals surface area contributed by atoms with Gasteiger partial charge in [0.1, 0.15) is 6.33 Å². The summed E-state index contributed by atoms with van der Waals surface area (Å²) in [4.78, 5) is 26.8. The summed E-state index contributed by atoms with van der Waals surface area (Å²) >= 11 is 0. The second-order valence-electron chi connectivity index (χ2n) is 4.83. The zero-order chi connectivity index (χ0) is 15.4. The Kier molecular flexibility index (Phi) is 3.95. The highest BCUT2D eigenvalue weighted by Crippen LogP contribution is 2.36. The molecule has 2 aromatic heterocycles. The Balaban J connectivity index is 0.000000202. The third-order valence-electron chi connectivity index (χ3n) is 3.44. The van der Waals surface area contributed by atoms with E-state index >= 15 is 0 Å². The van der Waals surface area contributed by atoms with E-state index < -0.39 is 6.03 Å². The summed E-state index contributed by atoms with van der Waals surface area (Å²) in [5.41, 5.74) is 7.32. The number of hydrogen-bond acceptors (Lipinski definition) is 5. The number of amides is 2. The van der Waals surface area contributed by atoms with Gasteiger partial charge in [0.25, 0.3) is 0 Å². The molecule has 7 heteroatoms. The Hall–Kier alpha value is -2.96. The normalized spacial score (nSPS) is 15.2. The van der Waals surface area contributed by atoms with Crippen molar-refractivity contribution in [2.45, 2.75) is 6.42 Å². The lowest BCUT2D eigenvalue weighted by atomic mass is 10.1. The predicted molar refractivity (Wildman–Crippen MR) is 83.2 cm³/mol. The van der Waals surface area contributed by atoms with Gasteiger partial charge in [-0.05, 0) is 24.6 Å². The zero-order valence-corrected chi connectivity index (χ0v) is 12.0. The van der Waals surface area contributed by atoms with Crippen molar-refractivity contribution in [1.82, 2.24) is 15.0 Å². The summed E-state index contributed by atoms with van der Waals surface area (Å²) in [6.07, 6.45) is 9.55. The fourth-order valence-corrected chi connectivity index (χ4v) is 2.54. The van der Waals surface area contributed by atoms with Crippen molar-refractivity contribution in [2.75, 3.05) is 22.9 Å². The Labute approximate surface area is 128 Å². The molecule has 2 aromatic rings. The fourth-order valence-electron chi connectivity index (χ4n) is 2.54. The molecule has 2 N–H and O–H groups in total. The lowest BCUT2D eigenvalue weighted by molar-refractivity contribution is 0.255. The number of rotatable bonds is 0. The summed E-state index contributed by atoms with van der Waals surface area (Å²) in [5.74, 6) is 0.646. The van der Waals surface area contributed by atoms with Crippen molar-refractivity contribution in [1.29, 1.82) is 0 Å². The standard InChI is InChI=1S/C11H12N4O.C4H4N2/c12-11(16)15-8-3-2-6-14(7-8)9-4-1-5-13-10(9)15;1-2-5-4-6-3-1/h1,3-5H,2,6-7H2,(H2,12,16);1-4H. The second-order valence-corrected chi connectivity index (χ2v) is 4.83. The van der Waals surface area contributed by atoms with Gasteiger partial charge in [-0.25, -0.2) is 24.6 Å². The average molecular weight is 296 g/mol. The van der Waals surface area contributed by atoms with Crippen LogP contribution in [0.5, 0.6) is 0 Å². The van der Waals surface area contributed by atoms with Gasteiger partial charge < -0.3 is 10.6 Å². The van der Waals surface area contributed by atoms with Gasteiger partial charge in [0.15, 0.2) is 5.82 Å². The number of aromatic nitrogens is 3. The summed E-state index contributed by atoms with van der Waals surface area (Å²) in [6, 6.07) is 5.16. The van der Waals surface area contributed by atoms with E-state index in [-0.39, 0.29) is 0 Å². The van der Waals surface area contributed by atoms with E-state index in [1.54, 1.807) is 24.7 Å². The first-order valence-electron chi connectivity index (χ1n) is 6.96. The molecule has 2 aliphatic heterocycles. The number of hydrogen-bond donors (Lipinski definition) is 1. The zero-order valence-electron chi connectivity index (χ0n) is 12.0. The van der Waals surface area contributed by atoms with Crippen LogP contribution < -0.4 is 15.5 Å². The third kappa shape index (κ3) is 2.73. The summed E-state index contributed by atoms with van der Waals surface area (Å²) in [6.45, 7) is 1.70. The molecular weight excluding hydrogens is 280 g/mol. The number of pyridine rings is 1. The van der Waals surface area contributed by atoms with Crippen LogP contribution >= 0.6 is 0 Å². The van der Waals surface area contributed by atoms with Crippen molar-refractivity contribution >= 4 is 17.5 Å². The average Bonchev–Trinajstić information content (AvgIpc) is 2.57. The monoisotopic (exact) mass is 296 g/mol. The van der Waals surface area contributed by atoms with E-state index in [1.165, 1.54) is 11.2 Å². The van der Waals surface area contributed by atoms with Crippen LogP contribution in [0.25, 0.3) is 0 Å². The maximum atomic E-state index is 11.5. The molecule has 0 aliphatic carbocycles. The molecular formula is C15H16N6O. The number of anilines is 2. The molecule has 0 radical (unpaired) electrons. The van der Waals surface area contributed by atoms with E-state index in [1.807, 2.05) is 12.1 Å². The van der Waals surface area contributed by atoms with Gasteiger partial charge in [-0.2, -0.15) is 0 Å². The molecule has 0 spiro atoms. The molecule has 4 heterocycles. The number of carbonyl (C=O) groups excluding carboxylic acids is 1. The van der Waals surface area contributed by atoms with E-state index in [4.69, 9.17) is 5.73 Å². The summed E-state index contributed by atoms with van der Waals surface area (Å²) in [5, 5.41) is 0. The number of nitrogens with zero attached hydrogens (tertiary/aromatic N) is 5. The van der Waals surface area contributed by atoms with Crippen LogP contribution in [0.3, 0.4) is 0 Å². The van der Waals surface area contributed by atoms with Crippen LogP contribution in [0.15, 0.2) is 54.9 Å². The second kappa shape index (κ2) is 6.21. The van der Waals surface area contributed by atoms with Gasteiger partial charge in [-0.3, -0.25) is 0 Å².